The quantitative estimate of drug-likeness (QED) is 0.518. The Morgan fingerprint density at radius 1 is 1.30 bits per heavy atom. The zero-order valence-electron chi connectivity index (χ0n) is 6.23. The first-order valence-corrected chi connectivity index (χ1v) is 5.61. The highest BCUT2D eigenvalue weighted by Crippen LogP contribution is 2.32. The van der Waals surface area contributed by atoms with Crippen LogP contribution in [0, 0.1) is 5.41 Å². The zero-order chi connectivity index (χ0) is 6.97. The van der Waals surface area contributed by atoms with E-state index in [4.69, 9.17) is 5.41 Å². The largest absolute Gasteiger partial charge is 0.260 e. The van der Waals surface area contributed by atoms with E-state index in [1.807, 2.05) is 0 Å². The van der Waals surface area contributed by atoms with E-state index in [9.17, 15) is 0 Å². The number of fused-ring (bicyclic) bond motifs is 1. The molecule has 56 valence electrons. The lowest BCUT2D eigenvalue weighted by atomic mass is 10.1. The van der Waals surface area contributed by atoms with Gasteiger partial charge in [-0.25, -0.2) is 0 Å². The van der Waals surface area contributed by atoms with Crippen molar-refractivity contribution >= 4 is 15.9 Å². The molecule has 0 saturated carbocycles. The van der Waals surface area contributed by atoms with Gasteiger partial charge in [-0.05, 0) is 19.3 Å². The molecule has 2 heteroatoms. The van der Waals surface area contributed by atoms with Gasteiger partial charge in [-0.3, -0.25) is 5.41 Å². The molecule has 0 aromatic heterocycles. The second kappa shape index (κ2) is 2.57. The van der Waals surface area contributed by atoms with E-state index in [0.717, 1.165) is 16.7 Å². The molecule has 0 radical (unpaired) electrons. The minimum absolute atomic E-state index is 0.453. The van der Waals surface area contributed by atoms with E-state index < -0.39 is 0 Å². The summed E-state index contributed by atoms with van der Waals surface area (Å²) in [4.78, 5) is 0. The molecule has 1 N–H and O–H groups in total. The highest BCUT2D eigenvalue weighted by Gasteiger charge is 2.42. The van der Waals surface area contributed by atoms with Gasteiger partial charge in [-0.15, -0.1) is 0 Å². The summed E-state index contributed by atoms with van der Waals surface area (Å²) < 4.78 is 0. The van der Waals surface area contributed by atoms with E-state index in [0.29, 0.717) is 10.9 Å². The molecule has 0 bridgehead atoms. The Labute approximate surface area is 65.1 Å². The van der Waals surface area contributed by atoms with Crippen molar-refractivity contribution in [1.29, 1.82) is 5.41 Å². The molecule has 2 fully saturated rings. The summed E-state index contributed by atoms with van der Waals surface area (Å²) >= 11 is 0. The fourth-order valence-electron chi connectivity index (χ4n) is 1.97. The van der Waals surface area contributed by atoms with Gasteiger partial charge in [0.25, 0.3) is 0 Å². The highest BCUT2D eigenvalue weighted by molar-refractivity contribution is 8.12. The Morgan fingerprint density at radius 2 is 2.20 bits per heavy atom. The second-order valence-electron chi connectivity index (χ2n) is 3.21. The first-order valence-electron chi connectivity index (χ1n) is 4.15. The van der Waals surface area contributed by atoms with Crippen LogP contribution in [-0.4, -0.2) is 16.0 Å². The third-order valence-electron chi connectivity index (χ3n) is 2.55. The van der Waals surface area contributed by atoms with Crippen LogP contribution < -0.4 is 0 Å². The van der Waals surface area contributed by atoms with Crippen molar-refractivity contribution in [1.82, 2.24) is 0 Å². The van der Waals surface area contributed by atoms with Crippen LogP contribution in [0.3, 0.4) is 0 Å². The summed E-state index contributed by atoms with van der Waals surface area (Å²) in [6.45, 7) is 0. The van der Waals surface area contributed by atoms with Gasteiger partial charge < -0.3 is 0 Å². The Balaban J connectivity index is 2.08. The van der Waals surface area contributed by atoms with Gasteiger partial charge in [-0.1, -0.05) is 0 Å². The maximum absolute atomic E-state index is 7.69. The molecule has 0 aliphatic carbocycles. The maximum Gasteiger partial charge on any atom is 0.215 e. The number of nitrogens with one attached hydrogen (secondary N) is 1. The van der Waals surface area contributed by atoms with Gasteiger partial charge in [0.15, 0.2) is 0 Å². The maximum atomic E-state index is 7.69. The fraction of sp³-hybridized carbons (Fsp3) is 0.875. The van der Waals surface area contributed by atoms with Gasteiger partial charge in [0, 0.05) is 23.7 Å². The molecule has 2 aliphatic rings. The molecule has 2 unspecified atom stereocenters. The molecule has 0 aromatic carbocycles. The van der Waals surface area contributed by atoms with Crippen LogP contribution in [0.4, 0.5) is 0 Å². The van der Waals surface area contributed by atoms with Gasteiger partial charge in [0.05, 0.1) is 0 Å². The first-order chi connectivity index (χ1) is 4.88. The number of rotatable bonds is 0. The molecule has 0 spiro atoms. The summed E-state index contributed by atoms with van der Waals surface area (Å²) in [6.07, 6.45) is 6.70. The van der Waals surface area contributed by atoms with Crippen LogP contribution in [0.1, 0.15) is 32.1 Å². The summed E-state index contributed by atoms with van der Waals surface area (Å²) in [5.74, 6) is 1.35. The van der Waals surface area contributed by atoms with Gasteiger partial charge in [0.1, 0.15) is 11.0 Å². The van der Waals surface area contributed by atoms with Crippen LogP contribution in [0.15, 0.2) is 0 Å². The molecule has 2 atom stereocenters. The lowest BCUT2D eigenvalue weighted by Crippen LogP contribution is -2.26. The Morgan fingerprint density at radius 3 is 3.00 bits per heavy atom. The van der Waals surface area contributed by atoms with Crippen molar-refractivity contribution in [2.45, 2.75) is 37.4 Å². The molecule has 0 amide bonds. The Hall–Kier alpha value is 0.0200. The molecule has 10 heavy (non-hydrogen) atoms. The molecular weight excluding hydrogens is 142 g/mol. The summed E-state index contributed by atoms with van der Waals surface area (Å²) in [6, 6.07) is 0. The molecule has 2 rings (SSSR count). The average molecular weight is 156 g/mol. The van der Waals surface area contributed by atoms with Crippen LogP contribution in [-0.2, 0) is 10.9 Å². The SMILES string of the molecule is N=C1CCC2CCCC[S+]12. The van der Waals surface area contributed by atoms with E-state index in [1.54, 1.807) is 0 Å². The van der Waals surface area contributed by atoms with Crippen LogP contribution in [0.2, 0.25) is 0 Å². The number of hydrogen-bond donors (Lipinski definition) is 1. The molecule has 2 heterocycles. The fourth-order valence-corrected chi connectivity index (χ4v) is 4.70. The second-order valence-corrected chi connectivity index (χ2v) is 5.64. The first kappa shape index (κ1) is 6.71. The molecule has 1 nitrogen and oxygen atoms in total. The average Bonchev–Trinajstić information content (AvgIpc) is 2.34. The van der Waals surface area contributed by atoms with Crippen LogP contribution in [0.25, 0.3) is 0 Å². The predicted molar refractivity (Wildman–Crippen MR) is 46.8 cm³/mol. The van der Waals surface area contributed by atoms with Crippen molar-refractivity contribution in [3.8, 4) is 0 Å². The molecular formula is C8H14NS+. The minimum Gasteiger partial charge on any atom is -0.260 e. The standard InChI is InChI=1S/C8H14NS/c9-8-5-4-7-3-1-2-6-10(7)8/h7,9H,1-6H2/q+1. The molecule has 2 saturated heterocycles. The van der Waals surface area contributed by atoms with Gasteiger partial charge in [-0.2, -0.15) is 0 Å². The highest BCUT2D eigenvalue weighted by atomic mass is 32.2. The van der Waals surface area contributed by atoms with Crippen molar-refractivity contribution in [2.75, 3.05) is 5.75 Å². The van der Waals surface area contributed by atoms with Crippen LogP contribution in [0.5, 0.6) is 0 Å². The van der Waals surface area contributed by atoms with Crippen molar-refractivity contribution in [2.24, 2.45) is 0 Å². The van der Waals surface area contributed by atoms with Gasteiger partial charge in [0.2, 0.25) is 5.04 Å². The lowest BCUT2D eigenvalue weighted by Gasteiger charge is -2.15. The monoisotopic (exact) mass is 156 g/mol. The van der Waals surface area contributed by atoms with E-state index in [2.05, 4.69) is 0 Å². The van der Waals surface area contributed by atoms with Crippen molar-refractivity contribution in [3.63, 3.8) is 0 Å². The third-order valence-corrected chi connectivity index (χ3v) is 5.39. The minimum atomic E-state index is 0.453. The van der Waals surface area contributed by atoms with E-state index in [-0.39, 0.29) is 0 Å². The van der Waals surface area contributed by atoms with Crippen molar-refractivity contribution < 1.29 is 0 Å². The van der Waals surface area contributed by atoms with E-state index in [1.165, 1.54) is 31.4 Å². The topological polar surface area (TPSA) is 23.9 Å². The normalized spacial score (nSPS) is 39.8. The summed E-state index contributed by atoms with van der Waals surface area (Å²) in [7, 11) is 0.453. The predicted octanol–water partition coefficient (Wildman–Crippen LogP) is 1.93. The Bertz CT molecular complexity index is 155. The smallest absolute Gasteiger partial charge is 0.215 e. The molecule has 2 aliphatic heterocycles. The lowest BCUT2D eigenvalue weighted by molar-refractivity contribution is 0.646. The Kier molecular flexibility index (Phi) is 1.73. The summed E-state index contributed by atoms with van der Waals surface area (Å²) in [5, 5.41) is 9.72. The summed E-state index contributed by atoms with van der Waals surface area (Å²) in [5.41, 5.74) is 0. The number of hydrogen-bond acceptors (Lipinski definition) is 1. The van der Waals surface area contributed by atoms with E-state index >= 15 is 0 Å². The third kappa shape index (κ3) is 0.986. The van der Waals surface area contributed by atoms with Gasteiger partial charge >= 0.3 is 0 Å². The molecule has 0 aromatic rings. The van der Waals surface area contributed by atoms with Crippen molar-refractivity contribution in [3.05, 3.63) is 0 Å². The van der Waals surface area contributed by atoms with Crippen LogP contribution >= 0.6 is 0 Å². The zero-order valence-corrected chi connectivity index (χ0v) is 7.04.